The predicted octanol–water partition coefficient (Wildman–Crippen LogP) is 3.74. The van der Waals surface area contributed by atoms with E-state index in [1.54, 1.807) is 24.4 Å². The number of rotatable bonds is 3. The van der Waals surface area contributed by atoms with Crippen molar-refractivity contribution in [3.8, 4) is 0 Å². The standard InChI is InChI=1S/C12H9BrClN3OS/c13-7-1-4-11(16-6-7)19-10-5-8(14)2-3-9(10)12(15)17-18/h1-6,18H,(H2,15,17). The summed E-state index contributed by atoms with van der Waals surface area (Å²) in [7, 11) is 0. The van der Waals surface area contributed by atoms with Crippen molar-refractivity contribution in [2.24, 2.45) is 10.9 Å². The molecule has 0 amide bonds. The van der Waals surface area contributed by atoms with Gasteiger partial charge in [-0.25, -0.2) is 4.98 Å². The Balaban J connectivity index is 2.38. The number of hydrogen-bond acceptors (Lipinski definition) is 4. The summed E-state index contributed by atoms with van der Waals surface area (Å²) in [4.78, 5) is 5.03. The van der Waals surface area contributed by atoms with Gasteiger partial charge in [0.05, 0.1) is 0 Å². The Kier molecular flexibility index (Phi) is 4.68. The highest BCUT2D eigenvalue weighted by molar-refractivity contribution is 9.10. The summed E-state index contributed by atoms with van der Waals surface area (Å²) < 4.78 is 0.902. The Labute approximate surface area is 127 Å². The summed E-state index contributed by atoms with van der Waals surface area (Å²) in [6, 6.07) is 8.91. The van der Waals surface area contributed by atoms with Gasteiger partial charge < -0.3 is 10.9 Å². The normalized spacial score (nSPS) is 11.6. The van der Waals surface area contributed by atoms with Crippen molar-refractivity contribution in [3.63, 3.8) is 0 Å². The second-order valence-electron chi connectivity index (χ2n) is 3.54. The van der Waals surface area contributed by atoms with Crippen molar-refractivity contribution in [2.45, 2.75) is 9.92 Å². The van der Waals surface area contributed by atoms with Crippen molar-refractivity contribution in [1.82, 2.24) is 4.98 Å². The van der Waals surface area contributed by atoms with Crippen LogP contribution < -0.4 is 5.73 Å². The first-order valence-electron chi connectivity index (χ1n) is 5.17. The number of amidine groups is 1. The number of pyridine rings is 1. The minimum Gasteiger partial charge on any atom is -0.409 e. The second kappa shape index (κ2) is 6.27. The summed E-state index contributed by atoms with van der Waals surface area (Å²) >= 11 is 10.7. The molecule has 1 aromatic carbocycles. The Morgan fingerprint density at radius 1 is 1.37 bits per heavy atom. The zero-order valence-electron chi connectivity index (χ0n) is 9.55. The van der Waals surface area contributed by atoms with Gasteiger partial charge in [-0.1, -0.05) is 28.5 Å². The smallest absolute Gasteiger partial charge is 0.171 e. The number of halogens is 2. The van der Waals surface area contributed by atoms with Gasteiger partial charge in [-0.15, -0.1) is 0 Å². The molecule has 0 saturated heterocycles. The molecule has 0 bridgehead atoms. The van der Waals surface area contributed by atoms with Crippen molar-refractivity contribution in [3.05, 3.63) is 51.6 Å². The molecule has 3 N–H and O–H groups in total. The third kappa shape index (κ3) is 3.62. The van der Waals surface area contributed by atoms with Crippen LogP contribution in [0.3, 0.4) is 0 Å². The molecule has 98 valence electrons. The van der Waals surface area contributed by atoms with Gasteiger partial charge in [-0.05, 0) is 46.3 Å². The quantitative estimate of drug-likeness (QED) is 0.379. The van der Waals surface area contributed by atoms with Crippen molar-refractivity contribution in [2.75, 3.05) is 0 Å². The van der Waals surface area contributed by atoms with E-state index in [1.807, 2.05) is 12.1 Å². The number of oxime groups is 1. The molecule has 0 fully saturated rings. The second-order valence-corrected chi connectivity index (χ2v) is 5.96. The predicted molar refractivity (Wildman–Crippen MR) is 80.0 cm³/mol. The van der Waals surface area contributed by atoms with Gasteiger partial charge in [0.2, 0.25) is 0 Å². The largest absolute Gasteiger partial charge is 0.409 e. The van der Waals surface area contributed by atoms with Crippen LogP contribution in [0, 0.1) is 0 Å². The SMILES string of the molecule is NC(=NO)c1ccc(Cl)cc1Sc1ccc(Br)cn1. The molecule has 2 rings (SSSR count). The molecule has 0 saturated carbocycles. The van der Waals surface area contributed by atoms with Crippen molar-refractivity contribution in [1.29, 1.82) is 0 Å². The maximum Gasteiger partial charge on any atom is 0.171 e. The zero-order valence-corrected chi connectivity index (χ0v) is 12.7. The molecule has 0 unspecified atom stereocenters. The number of aromatic nitrogens is 1. The molecule has 2 aromatic rings. The molecular weight excluding hydrogens is 350 g/mol. The maximum absolute atomic E-state index is 8.78. The van der Waals surface area contributed by atoms with Gasteiger partial charge in [-0.2, -0.15) is 0 Å². The Morgan fingerprint density at radius 3 is 2.79 bits per heavy atom. The van der Waals surface area contributed by atoms with E-state index in [9.17, 15) is 0 Å². The van der Waals surface area contributed by atoms with E-state index in [0.717, 1.165) is 14.4 Å². The fourth-order valence-electron chi connectivity index (χ4n) is 1.38. The summed E-state index contributed by atoms with van der Waals surface area (Å²) in [5.41, 5.74) is 6.25. The van der Waals surface area contributed by atoms with Gasteiger partial charge in [0.25, 0.3) is 0 Å². The van der Waals surface area contributed by atoms with Crippen molar-refractivity contribution >= 4 is 45.1 Å². The fourth-order valence-corrected chi connectivity index (χ4v) is 2.79. The first kappa shape index (κ1) is 14.2. The molecule has 4 nitrogen and oxygen atoms in total. The molecule has 1 heterocycles. The van der Waals surface area contributed by atoms with Crippen LogP contribution in [-0.4, -0.2) is 16.0 Å². The lowest BCUT2D eigenvalue weighted by molar-refractivity contribution is 0.318. The van der Waals surface area contributed by atoms with E-state index in [2.05, 4.69) is 26.1 Å². The van der Waals surface area contributed by atoms with Crippen molar-refractivity contribution < 1.29 is 5.21 Å². The Bertz CT molecular complexity index is 619. The van der Waals surface area contributed by atoms with Gasteiger partial charge >= 0.3 is 0 Å². The minimum absolute atomic E-state index is 0.0382. The van der Waals surface area contributed by atoms with Crippen LogP contribution in [0.15, 0.2) is 56.1 Å². The molecule has 1 aromatic heterocycles. The zero-order chi connectivity index (χ0) is 13.8. The van der Waals surface area contributed by atoms with Crippen LogP contribution in [0.2, 0.25) is 5.02 Å². The van der Waals surface area contributed by atoms with E-state index in [1.165, 1.54) is 11.8 Å². The molecule has 0 aliphatic heterocycles. The molecule has 0 aliphatic carbocycles. The number of nitrogens with zero attached hydrogens (tertiary/aromatic N) is 2. The van der Waals surface area contributed by atoms with Crippen LogP contribution in [0.25, 0.3) is 0 Å². The number of benzene rings is 1. The van der Waals surface area contributed by atoms with Gasteiger partial charge in [0, 0.05) is 26.2 Å². The molecule has 0 aliphatic rings. The van der Waals surface area contributed by atoms with E-state index in [-0.39, 0.29) is 5.84 Å². The maximum atomic E-state index is 8.78. The molecule has 7 heteroatoms. The summed E-state index contributed by atoms with van der Waals surface area (Å²) in [5, 5.41) is 13.2. The van der Waals surface area contributed by atoms with Crippen LogP contribution in [0.1, 0.15) is 5.56 Å². The van der Waals surface area contributed by atoms with Gasteiger partial charge in [-0.3, -0.25) is 0 Å². The highest BCUT2D eigenvalue weighted by Crippen LogP contribution is 2.31. The van der Waals surface area contributed by atoms with E-state index in [0.29, 0.717) is 10.6 Å². The topological polar surface area (TPSA) is 71.5 Å². The molecule has 0 spiro atoms. The molecular formula is C12H9BrClN3OS. The average molecular weight is 359 g/mol. The summed E-state index contributed by atoms with van der Waals surface area (Å²) in [6.45, 7) is 0. The lowest BCUT2D eigenvalue weighted by Crippen LogP contribution is -2.14. The van der Waals surface area contributed by atoms with E-state index >= 15 is 0 Å². The monoisotopic (exact) mass is 357 g/mol. The lowest BCUT2D eigenvalue weighted by atomic mass is 10.2. The van der Waals surface area contributed by atoms with Crippen LogP contribution >= 0.6 is 39.3 Å². The summed E-state index contributed by atoms with van der Waals surface area (Å²) in [5.74, 6) is 0.0382. The highest BCUT2D eigenvalue weighted by atomic mass is 79.9. The van der Waals surface area contributed by atoms with Gasteiger partial charge in [0.15, 0.2) is 5.84 Å². The van der Waals surface area contributed by atoms with E-state index < -0.39 is 0 Å². The van der Waals surface area contributed by atoms with Crippen LogP contribution in [0.5, 0.6) is 0 Å². The number of hydrogen-bond donors (Lipinski definition) is 2. The van der Waals surface area contributed by atoms with Crippen LogP contribution in [-0.2, 0) is 0 Å². The highest BCUT2D eigenvalue weighted by Gasteiger charge is 2.10. The number of nitrogens with two attached hydrogens (primary N) is 1. The Morgan fingerprint density at radius 2 is 2.16 bits per heavy atom. The molecule has 0 radical (unpaired) electrons. The summed E-state index contributed by atoms with van der Waals surface area (Å²) in [6.07, 6.45) is 1.70. The lowest BCUT2D eigenvalue weighted by Gasteiger charge is -2.08. The first-order chi connectivity index (χ1) is 9.10. The fraction of sp³-hybridized carbons (Fsp3) is 0. The Hall–Kier alpha value is -1.24. The molecule has 0 atom stereocenters. The third-order valence-corrected chi connectivity index (χ3v) is 3.95. The van der Waals surface area contributed by atoms with Gasteiger partial charge in [0.1, 0.15) is 5.03 Å². The van der Waals surface area contributed by atoms with E-state index in [4.69, 9.17) is 22.5 Å². The third-order valence-electron chi connectivity index (χ3n) is 2.24. The van der Waals surface area contributed by atoms with Crippen LogP contribution in [0.4, 0.5) is 0 Å². The minimum atomic E-state index is 0.0382. The average Bonchev–Trinajstić information content (AvgIpc) is 2.41. The molecule has 19 heavy (non-hydrogen) atoms. The first-order valence-corrected chi connectivity index (χ1v) is 7.16.